The van der Waals surface area contributed by atoms with Gasteiger partial charge in [-0.25, -0.2) is 9.07 Å². The van der Waals surface area contributed by atoms with Crippen molar-refractivity contribution in [2.45, 2.75) is 25.7 Å². The lowest BCUT2D eigenvalue weighted by Gasteiger charge is -2.36. The Bertz CT molecular complexity index is 2290. The first-order valence-electron chi connectivity index (χ1n) is 17.0. The molecule has 0 spiro atoms. The molecule has 6 aromatic carbocycles. The van der Waals surface area contributed by atoms with Crippen LogP contribution < -0.4 is 4.74 Å². The van der Waals surface area contributed by atoms with E-state index in [1.807, 2.05) is 58.6 Å². The third-order valence-corrected chi connectivity index (χ3v) is 9.37. The van der Waals surface area contributed by atoms with Crippen LogP contribution in [0.15, 0.2) is 158 Å². The fourth-order valence-electron chi connectivity index (χ4n) is 7.12. The lowest BCUT2D eigenvalue weighted by atomic mass is 9.77. The maximum absolute atomic E-state index is 14.1. The van der Waals surface area contributed by atoms with Crippen LogP contribution >= 0.6 is 0 Å². The summed E-state index contributed by atoms with van der Waals surface area (Å²) in [6, 6.07) is 53.8. The second kappa shape index (κ2) is 13.8. The molecular formula is C43H35FN6O. The molecule has 0 N–H and O–H groups in total. The first-order valence-corrected chi connectivity index (χ1v) is 17.0. The van der Waals surface area contributed by atoms with E-state index in [1.54, 1.807) is 6.07 Å². The number of nitrogens with zero attached hydrogens (tertiary/aromatic N) is 6. The van der Waals surface area contributed by atoms with Crippen LogP contribution in [0.25, 0.3) is 33.5 Å². The summed E-state index contributed by atoms with van der Waals surface area (Å²) in [6.07, 6.45) is 0. The van der Waals surface area contributed by atoms with Crippen LogP contribution in [-0.4, -0.2) is 36.4 Å². The van der Waals surface area contributed by atoms with Crippen LogP contribution in [0, 0.1) is 0 Å². The van der Waals surface area contributed by atoms with Crippen molar-refractivity contribution in [3.63, 3.8) is 0 Å². The van der Waals surface area contributed by atoms with E-state index in [0.717, 1.165) is 50.0 Å². The van der Waals surface area contributed by atoms with E-state index in [-0.39, 0.29) is 0 Å². The summed E-state index contributed by atoms with van der Waals surface area (Å²) in [6.45, 7) is 2.29. The van der Waals surface area contributed by atoms with E-state index in [1.165, 1.54) is 0 Å². The Morgan fingerprint density at radius 1 is 0.647 bits per heavy atom. The average molecular weight is 671 g/mol. The number of tetrazole rings is 1. The standard InChI is InChI=1S/C43H35FN6O/c1-2-51-42-45-39-24-14-15-33(29-44)40(39)49(42)30-31-25-27-32(28-26-31)37-22-12-13-23-38(37)41-46-47-48-50(41)43(34-16-6-3-7-17-34,35-18-8-4-9-19-35)36-20-10-5-11-21-36/h3-28H,2,29-30H2,1H3. The van der Waals surface area contributed by atoms with Crippen LogP contribution in [0.4, 0.5) is 4.39 Å². The molecule has 7 nitrogen and oxygen atoms in total. The van der Waals surface area contributed by atoms with Crippen molar-refractivity contribution in [1.29, 1.82) is 0 Å². The summed E-state index contributed by atoms with van der Waals surface area (Å²) in [5.41, 5.74) is 8.23. The minimum atomic E-state index is -0.871. The molecule has 8 heteroatoms. The number of halogens is 1. The minimum Gasteiger partial charge on any atom is -0.465 e. The molecule has 250 valence electrons. The number of hydrogen-bond donors (Lipinski definition) is 0. The van der Waals surface area contributed by atoms with Crippen LogP contribution in [0.2, 0.25) is 0 Å². The van der Waals surface area contributed by atoms with E-state index in [2.05, 4.69) is 119 Å². The van der Waals surface area contributed by atoms with Crippen molar-refractivity contribution in [2.24, 2.45) is 0 Å². The predicted octanol–water partition coefficient (Wildman–Crippen LogP) is 9.11. The summed E-state index contributed by atoms with van der Waals surface area (Å²) >= 11 is 0. The zero-order valence-electron chi connectivity index (χ0n) is 28.1. The number of hydrogen-bond acceptors (Lipinski definition) is 5. The highest BCUT2D eigenvalue weighted by molar-refractivity contribution is 5.82. The second-order valence-electron chi connectivity index (χ2n) is 12.3. The molecule has 2 heterocycles. The van der Waals surface area contributed by atoms with Gasteiger partial charge >= 0.3 is 0 Å². The van der Waals surface area contributed by atoms with Crippen molar-refractivity contribution >= 4 is 11.0 Å². The third kappa shape index (κ3) is 5.64. The minimum absolute atomic E-state index is 0.462. The molecular weight excluding hydrogens is 636 g/mol. The zero-order valence-corrected chi connectivity index (χ0v) is 28.1. The van der Waals surface area contributed by atoms with Crippen LogP contribution in [0.1, 0.15) is 34.7 Å². The molecule has 0 aliphatic heterocycles. The van der Waals surface area contributed by atoms with Crippen molar-refractivity contribution in [1.82, 2.24) is 29.8 Å². The van der Waals surface area contributed by atoms with Gasteiger partial charge in [0.1, 0.15) is 12.2 Å². The van der Waals surface area contributed by atoms with Crippen molar-refractivity contribution in [2.75, 3.05) is 6.61 Å². The summed E-state index contributed by atoms with van der Waals surface area (Å²) in [7, 11) is 0. The van der Waals surface area contributed by atoms with Crippen LogP contribution in [0.5, 0.6) is 6.01 Å². The molecule has 0 amide bonds. The van der Waals surface area contributed by atoms with Crippen LogP contribution in [0.3, 0.4) is 0 Å². The lowest BCUT2D eigenvalue weighted by Crippen LogP contribution is -2.39. The number of rotatable bonds is 11. The molecule has 0 saturated heterocycles. The SMILES string of the molecule is CCOc1nc2cccc(CF)c2n1Cc1ccc(-c2ccccc2-c2nnnn2C(c2ccccc2)(c2ccccc2)c2ccccc2)cc1. The van der Waals surface area contributed by atoms with Gasteiger partial charge in [0.05, 0.1) is 24.2 Å². The number of aromatic nitrogens is 6. The molecule has 0 fully saturated rings. The average Bonchev–Trinajstić information content (AvgIpc) is 3.82. The van der Waals surface area contributed by atoms with E-state index in [0.29, 0.717) is 30.5 Å². The number of fused-ring (bicyclic) bond motifs is 1. The highest BCUT2D eigenvalue weighted by Gasteiger charge is 2.42. The lowest BCUT2D eigenvalue weighted by molar-refractivity contribution is 0.301. The van der Waals surface area contributed by atoms with Gasteiger partial charge in [0, 0.05) is 11.1 Å². The molecule has 0 radical (unpaired) electrons. The Balaban J connectivity index is 1.24. The van der Waals surface area contributed by atoms with Gasteiger partial charge in [-0.05, 0) is 56.8 Å². The van der Waals surface area contributed by atoms with Gasteiger partial charge in [-0.15, -0.1) is 5.10 Å². The summed E-state index contributed by atoms with van der Waals surface area (Å²) in [5, 5.41) is 13.8. The second-order valence-corrected chi connectivity index (χ2v) is 12.3. The predicted molar refractivity (Wildman–Crippen MR) is 198 cm³/mol. The molecule has 0 unspecified atom stereocenters. The van der Waals surface area contributed by atoms with Crippen LogP contribution in [-0.2, 0) is 18.8 Å². The van der Waals surface area contributed by atoms with Crippen molar-refractivity contribution in [3.05, 3.63) is 186 Å². The quantitative estimate of drug-likeness (QED) is 0.128. The Morgan fingerprint density at radius 3 is 1.82 bits per heavy atom. The Morgan fingerprint density at radius 2 is 1.24 bits per heavy atom. The largest absolute Gasteiger partial charge is 0.465 e. The van der Waals surface area contributed by atoms with E-state index in [4.69, 9.17) is 15.0 Å². The maximum atomic E-state index is 14.1. The fraction of sp³-hybridized carbons (Fsp3) is 0.116. The number of alkyl halides is 1. The maximum Gasteiger partial charge on any atom is 0.297 e. The molecule has 51 heavy (non-hydrogen) atoms. The smallest absolute Gasteiger partial charge is 0.297 e. The molecule has 0 bridgehead atoms. The van der Waals surface area contributed by atoms with Gasteiger partial charge in [0.25, 0.3) is 6.01 Å². The molecule has 2 aromatic heterocycles. The number of imidazole rings is 1. The Labute approximate surface area is 295 Å². The first-order chi connectivity index (χ1) is 25.2. The summed E-state index contributed by atoms with van der Waals surface area (Å²) in [4.78, 5) is 4.66. The summed E-state index contributed by atoms with van der Waals surface area (Å²) < 4.78 is 23.9. The topological polar surface area (TPSA) is 70.7 Å². The zero-order chi connectivity index (χ0) is 34.6. The van der Waals surface area contributed by atoms with E-state index >= 15 is 0 Å². The molecule has 0 aliphatic carbocycles. The number of benzene rings is 6. The molecule has 8 aromatic rings. The molecule has 0 aliphatic rings. The highest BCUT2D eigenvalue weighted by Crippen LogP contribution is 2.43. The van der Waals surface area contributed by atoms with Gasteiger partial charge in [-0.3, -0.25) is 4.57 Å². The van der Waals surface area contributed by atoms with Crippen molar-refractivity contribution < 1.29 is 9.13 Å². The van der Waals surface area contributed by atoms with Gasteiger partial charge in [-0.2, -0.15) is 4.98 Å². The van der Waals surface area contributed by atoms with Crippen molar-refractivity contribution in [3.8, 4) is 28.5 Å². The monoisotopic (exact) mass is 670 g/mol. The molecule has 0 atom stereocenters. The van der Waals surface area contributed by atoms with Gasteiger partial charge in [0.15, 0.2) is 5.82 Å². The van der Waals surface area contributed by atoms with Gasteiger partial charge in [0.2, 0.25) is 0 Å². The first kappa shape index (κ1) is 31.8. The Hall–Kier alpha value is -6.41. The number of ether oxygens (including phenoxy) is 1. The van der Waals surface area contributed by atoms with Gasteiger partial charge in [-0.1, -0.05) is 152 Å². The number of para-hydroxylation sites is 1. The third-order valence-electron chi connectivity index (χ3n) is 9.37. The highest BCUT2D eigenvalue weighted by atomic mass is 19.1. The van der Waals surface area contributed by atoms with Gasteiger partial charge < -0.3 is 4.74 Å². The van der Waals surface area contributed by atoms with E-state index < -0.39 is 12.2 Å². The molecule has 8 rings (SSSR count). The Kier molecular flexibility index (Phi) is 8.64. The fourth-order valence-corrected chi connectivity index (χ4v) is 7.12. The van der Waals surface area contributed by atoms with E-state index in [9.17, 15) is 4.39 Å². The summed E-state index contributed by atoms with van der Waals surface area (Å²) in [5.74, 6) is 0.635. The molecule has 0 saturated carbocycles. The normalized spacial score (nSPS) is 11.6.